The van der Waals surface area contributed by atoms with Gasteiger partial charge in [-0.25, -0.2) is 10.2 Å². The van der Waals surface area contributed by atoms with E-state index in [2.05, 4.69) is 10.7 Å². The zero-order valence-electron chi connectivity index (χ0n) is 7.12. The van der Waals surface area contributed by atoms with Gasteiger partial charge in [-0.05, 0) is 12.8 Å². The molecule has 0 bridgehead atoms. The third-order valence-corrected chi connectivity index (χ3v) is 1.47. The predicted molar refractivity (Wildman–Crippen MR) is 45.6 cm³/mol. The summed E-state index contributed by atoms with van der Waals surface area (Å²) in [6.07, 6.45) is 0.843. The molecule has 7 nitrogen and oxygen atoms in total. The molecular weight excluding hydrogens is 176 g/mol. The summed E-state index contributed by atoms with van der Waals surface area (Å²) in [7, 11) is 0. The Balaban J connectivity index is 3.50. The van der Waals surface area contributed by atoms with Crippen LogP contribution in [0.1, 0.15) is 12.8 Å². The van der Waals surface area contributed by atoms with Gasteiger partial charge in [0.15, 0.2) is 0 Å². The van der Waals surface area contributed by atoms with Crippen LogP contribution in [0, 0.1) is 0 Å². The minimum Gasteiger partial charge on any atom is -0.480 e. The number of amides is 2. The van der Waals surface area contributed by atoms with E-state index in [9.17, 15) is 9.59 Å². The van der Waals surface area contributed by atoms with Gasteiger partial charge in [0.1, 0.15) is 6.04 Å². The van der Waals surface area contributed by atoms with Gasteiger partial charge in [-0.15, -0.1) is 0 Å². The zero-order chi connectivity index (χ0) is 10.3. The molecule has 0 aromatic heterocycles. The number of hydrazine groups is 1. The van der Waals surface area contributed by atoms with Gasteiger partial charge in [-0.3, -0.25) is 10.6 Å². The monoisotopic (exact) mass is 190 g/mol. The van der Waals surface area contributed by atoms with Crippen molar-refractivity contribution in [3.63, 3.8) is 0 Å². The second kappa shape index (κ2) is 6.21. The molecule has 0 heterocycles. The molecule has 1 atom stereocenters. The normalized spacial score (nSPS) is 12.1. The van der Waals surface area contributed by atoms with Crippen molar-refractivity contribution in [3.8, 4) is 0 Å². The minimum atomic E-state index is -1.01. The quantitative estimate of drug-likeness (QED) is 0.194. The fourth-order valence-corrected chi connectivity index (χ4v) is 0.796. The van der Waals surface area contributed by atoms with Gasteiger partial charge in [-0.2, -0.15) is 0 Å². The summed E-state index contributed by atoms with van der Waals surface area (Å²) in [4.78, 5) is 20.6. The van der Waals surface area contributed by atoms with E-state index in [0.29, 0.717) is 19.4 Å². The summed E-state index contributed by atoms with van der Waals surface area (Å²) in [5.41, 5.74) is 6.94. The highest BCUT2D eigenvalue weighted by molar-refractivity contribution is 5.73. The average molecular weight is 190 g/mol. The first kappa shape index (κ1) is 11.7. The number of primary amides is 1. The molecule has 0 saturated heterocycles. The number of carbonyl (C=O) groups is 2. The lowest BCUT2D eigenvalue weighted by molar-refractivity contribution is -0.139. The number of rotatable bonds is 6. The van der Waals surface area contributed by atoms with Crippen molar-refractivity contribution in [2.75, 3.05) is 6.54 Å². The van der Waals surface area contributed by atoms with Gasteiger partial charge in [0.2, 0.25) is 0 Å². The van der Waals surface area contributed by atoms with Crippen LogP contribution in [-0.2, 0) is 4.79 Å². The molecule has 0 rings (SSSR count). The van der Waals surface area contributed by atoms with E-state index in [4.69, 9.17) is 16.7 Å². The van der Waals surface area contributed by atoms with E-state index in [0.717, 1.165) is 0 Å². The molecule has 0 aromatic carbocycles. The lowest BCUT2D eigenvalue weighted by atomic mass is 10.1. The van der Waals surface area contributed by atoms with Crippen molar-refractivity contribution in [1.82, 2.24) is 10.7 Å². The van der Waals surface area contributed by atoms with Crippen molar-refractivity contribution in [2.45, 2.75) is 18.9 Å². The van der Waals surface area contributed by atoms with Crippen LogP contribution in [0.4, 0.5) is 4.79 Å². The molecular formula is C6H14N4O3. The SMILES string of the molecule is NN[C@@H](CCCNC(N)=O)C(=O)O. The van der Waals surface area contributed by atoms with Crippen LogP contribution in [0.2, 0.25) is 0 Å². The van der Waals surface area contributed by atoms with Crippen LogP contribution in [0.15, 0.2) is 0 Å². The zero-order valence-corrected chi connectivity index (χ0v) is 7.12. The molecule has 7 heteroatoms. The van der Waals surface area contributed by atoms with Crippen molar-refractivity contribution >= 4 is 12.0 Å². The van der Waals surface area contributed by atoms with E-state index in [1.54, 1.807) is 0 Å². The third kappa shape index (κ3) is 5.88. The topological polar surface area (TPSA) is 130 Å². The van der Waals surface area contributed by atoms with Crippen molar-refractivity contribution < 1.29 is 14.7 Å². The number of nitrogens with two attached hydrogens (primary N) is 2. The molecule has 0 spiro atoms. The van der Waals surface area contributed by atoms with Gasteiger partial charge in [0.25, 0.3) is 0 Å². The van der Waals surface area contributed by atoms with Gasteiger partial charge < -0.3 is 16.2 Å². The molecule has 0 fully saturated rings. The van der Waals surface area contributed by atoms with E-state index in [-0.39, 0.29) is 0 Å². The van der Waals surface area contributed by atoms with Crippen LogP contribution in [-0.4, -0.2) is 29.7 Å². The second-order valence-corrected chi connectivity index (χ2v) is 2.49. The van der Waals surface area contributed by atoms with Gasteiger partial charge in [0, 0.05) is 6.54 Å². The maximum atomic E-state index is 10.4. The Labute approximate surface area is 75.4 Å². The number of aliphatic carboxylic acids is 1. The Morgan fingerprint density at radius 3 is 2.46 bits per heavy atom. The lowest BCUT2D eigenvalue weighted by Gasteiger charge is -2.09. The molecule has 0 aromatic rings. The Morgan fingerprint density at radius 1 is 1.46 bits per heavy atom. The van der Waals surface area contributed by atoms with Crippen molar-refractivity contribution in [1.29, 1.82) is 0 Å². The van der Waals surface area contributed by atoms with Gasteiger partial charge in [0.05, 0.1) is 0 Å². The predicted octanol–water partition coefficient (Wildman–Crippen LogP) is -1.65. The fourth-order valence-electron chi connectivity index (χ4n) is 0.796. The molecule has 0 unspecified atom stereocenters. The van der Waals surface area contributed by atoms with E-state index in [1.807, 2.05) is 0 Å². The highest BCUT2D eigenvalue weighted by Gasteiger charge is 2.13. The number of hydrogen-bond acceptors (Lipinski definition) is 4. The summed E-state index contributed by atoms with van der Waals surface area (Å²) < 4.78 is 0. The van der Waals surface area contributed by atoms with Crippen LogP contribution < -0.4 is 22.3 Å². The smallest absolute Gasteiger partial charge is 0.322 e. The van der Waals surface area contributed by atoms with Crippen LogP contribution in [0.3, 0.4) is 0 Å². The summed E-state index contributed by atoms with van der Waals surface area (Å²) in [5, 5.41) is 10.9. The Morgan fingerprint density at radius 2 is 2.08 bits per heavy atom. The largest absolute Gasteiger partial charge is 0.480 e. The Bertz CT molecular complexity index is 185. The first-order valence-corrected chi connectivity index (χ1v) is 3.80. The number of carbonyl (C=O) groups excluding carboxylic acids is 1. The lowest BCUT2D eigenvalue weighted by Crippen LogP contribution is -2.42. The highest BCUT2D eigenvalue weighted by Crippen LogP contribution is 1.94. The molecule has 0 radical (unpaired) electrons. The van der Waals surface area contributed by atoms with E-state index in [1.165, 1.54) is 0 Å². The van der Waals surface area contributed by atoms with E-state index < -0.39 is 18.0 Å². The Hall–Kier alpha value is -1.34. The van der Waals surface area contributed by atoms with E-state index >= 15 is 0 Å². The summed E-state index contributed by atoms with van der Waals surface area (Å²) in [6, 6.07) is -1.40. The molecule has 13 heavy (non-hydrogen) atoms. The van der Waals surface area contributed by atoms with Gasteiger partial charge >= 0.3 is 12.0 Å². The maximum absolute atomic E-state index is 10.4. The Kier molecular flexibility index (Phi) is 5.57. The molecule has 0 aliphatic rings. The van der Waals surface area contributed by atoms with Crippen LogP contribution in [0.25, 0.3) is 0 Å². The fraction of sp³-hybridized carbons (Fsp3) is 0.667. The minimum absolute atomic E-state index is 0.339. The molecule has 2 amide bonds. The van der Waals surface area contributed by atoms with Gasteiger partial charge in [-0.1, -0.05) is 0 Å². The molecule has 76 valence electrons. The maximum Gasteiger partial charge on any atom is 0.322 e. The first-order chi connectivity index (χ1) is 6.07. The van der Waals surface area contributed by atoms with Crippen molar-refractivity contribution in [2.24, 2.45) is 11.6 Å². The molecule has 0 aliphatic carbocycles. The van der Waals surface area contributed by atoms with Crippen LogP contribution >= 0.6 is 0 Å². The summed E-state index contributed by atoms with van der Waals surface area (Å²) >= 11 is 0. The number of carboxylic acids is 1. The average Bonchev–Trinajstić information content (AvgIpc) is 2.03. The number of nitrogens with one attached hydrogen (secondary N) is 2. The second-order valence-electron chi connectivity index (χ2n) is 2.49. The third-order valence-electron chi connectivity index (χ3n) is 1.47. The molecule has 0 saturated carbocycles. The highest BCUT2D eigenvalue weighted by atomic mass is 16.4. The molecule has 0 aliphatic heterocycles. The summed E-state index contributed by atoms with van der Waals surface area (Å²) in [6.45, 7) is 0.348. The first-order valence-electron chi connectivity index (χ1n) is 3.80. The standard InChI is InChI=1S/C6H14N4O3/c7-6(13)9-3-1-2-4(10-8)5(11)12/h4,10H,1-3,8H2,(H,11,12)(H3,7,9,13)/t4-/m0/s1. The number of carboxylic acid groups (broad SMARTS) is 1. The molecule has 7 N–H and O–H groups in total. The number of urea groups is 1. The van der Waals surface area contributed by atoms with Crippen molar-refractivity contribution in [3.05, 3.63) is 0 Å². The summed E-state index contributed by atoms with van der Waals surface area (Å²) in [5.74, 6) is 3.96. The number of hydrogen-bond donors (Lipinski definition) is 5. The van der Waals surface area contributed by atoms with Crippen LogP contribution in [0.5, 0.6) is 0 Å².